The molecule has 2 aliphatic carbocycles. The summed E-state index contributed by atoms with van der Waals surface area (Å²) in [5.41, 5.74) is 1.51. The molecule has 0 heterocycles. The van der Waals surface area contributed by atoms with Crippen molar-refractivity contribution in [3.63, 3.8) is 0 Å². The summed E-state index contributed by atoms with van der Waals surface area (Å²) in [5, 5.41) is 3.76. The Balaban J connectivity index is 1.41. The monoisotopic (exact) mass is 307 g/mol. The van der Waals surface area contributed by atoms with E-state index in [0.29, 0.717) is 0 Å². The molecule has 0 unspecified atom stereocenters. The van der Waals surface area contributed by atoms with Crippen molar-refractivity contribution in [1.29, 1.82) is 0 Å². The molecule has 2 saturated carbocycles. The van der Waals surface area contributed by atoms with Crippen LogP contribution in [0.5, 0.6) is 0 Å². The highest BCUT2D eigenvalue weighted by Crippen LogP contribution is 2.37. The van der Waals surface area contributed by atoms with Crippen LogP contribution in [0.4, 0.5) is 0 Å². The lowest BCUT2D eigenvalue weighted by molar-refractivity contribution is 0.276. The molecule has 0 aromatic heterocycles. The van der Waals surface area contributed by atoms with E-state index >= 15 is 0 Å². The Morgan fingerprint density at radius 2 is 1.72 bits per heavy atom. The minimum atomic E-state index is 0.777. The van der Waals surface area contributed by atoms with Gasteiger partial charge in [0.15, 0.2) is 0 Å². The number of halogens is 1. The molecule has 0 amide bonds. The summed E-state index contributed by atoms with van der Waals surface area (Å²) in [6.45, 7) is 1.26. The zero-order valence-electron chi connectivity index (χ0n) is 10.9. The van der Waals surface area contributed by atoms with Gasteiger partial charge >= 0.3 is 0 Å². The van der Waals surface area contributed by atoms with E-state index in [1.165, 1.54) is 55.1 Å². The van der Waals surface area contributed by atoms with Crippen LogP contribution in [0.2, 0.25) is 0 Å². The first kappa shape index (κ1) is 12.7. The fraction of sp³-hybridized carbons (Fsp3) is 0.625. The molecule has 0 saturated heterocycles. The zero-order chi connectivity index (χ0) is 12.4. The van der Waals surface area contributed by atoms with E-state index in [9.17, 15) is 0 Å². The number of hydrogen-bond acceptors (Lipinski definition) is 1. The quantitative estimate of drug-likeness (QED) is 0.865. The van der Waals surface area contributed by atoms with Crippen molar-refractivity contribution >= 4 is 15.9 Å². The minimum absolute atomic E-state index is 0.777. The Bertz CT molecular complexity index is 375. The van der Waals surface area contributed by atoms with Crippen molar-refractivity contribution in [3.8, 4) is 0 Å². The van der Waals surface area contributed by atoms with Gasteiger partial charge in [0, 0.05) is 10.5 Å². The van der Waals surface area contributed by atoms with E-state index in [1.54, 1.807) is 0 Å². The molecule has 0 spiro atoms. The molecule has 0 aliphatic heterocycles. The van der Waals surface area contributed by atoms with Gasteiger partial charge in [0.25, 0.3) is 0 Å². The first-order valence-corrected chi connectivity index (χ1v) is 8.09. The van der Waals surface area contributed by atoms with Gasteiger partial charge in [-0.3, -0.25) is 0 Å². The second-order valence-corrected chi connectivity index (χ2v) is 6.89. The molecule has 1 N–H and O–H groups in total. The summed E-state index contributed by atoms with van der Waals surface area (Å²) in [5.74, 6) is 1.76. The van der Waals surface area contributed by atoms with Crippen molar-refractivity contribution in [2.45, 2.75) is 50.5 Å². The van der Waals surface area contributed by atoms with Crippen LogP contribution >= 0.6 is 15.9 Å². The van der Waals surface area contributed by atoms with Crippen LogP contribution in [0.25, 0.3) is 0 Å². The largest absolute Gasteiger partial charge is 0.314 e. The van der Waals surface area contributed by atoms with Crippen LogP contribution in [0, 0.1) is 5.92 Å². The van der Waals surface area contributed by atoms with Gasteiger partial charge in [0.1, 0.15) is 0 Å². The standard InChI is InChI=1S/C16H22BrN/c17-15-7-5-13(6-8-15)14-9-16(10-14)18-11-12-3-1-2-4-12/h5-8,12,14,16,18H,1-4,9-11H2. The summed E-state index contributed by atoms with van der Waals surface area (Å²) in [7, 11) is 0. The van der Waals surface area contributed by atoms with Crippen LogP contribution in [0.3, 0.4) is 0 Å². The van der Waals surface area contributed by atoms with E-state index in [4.69, 9.17) is 0 Å². The average Bonchev–Trinajstić information content (AvgIpc) is 2.82. The molecule has 2 fully saturated rings. The summed E-state index contributed by atoms with van der Waals surface area (Å²) in [6, 6.07) is 9.63. The van der Waals surface area contributed by atoms with E-state index in [1.807, 2.05) is 0 Å². The number of nitrogens with one attached hydrogen (secondary N) is 1. The van der Waals surface area contributed by atoms with Crippen molar-refractivity contribution in [1.82, 2.24) is 5.32 Å². The Morgan fingerprint density at radius 1 is 1.06 bits per heavy atom. The Kier molecular flexibility index (Phi) is 4.05. The highest BCUT2D eigenvalue weighted by atomic mass is 79.9. The predicted molar refractivity (Wildman–Crippen MR) is 79.9 cm³/mol. The SMILES string of the molecule is Brc1ccc(C2CC(NCC3CCCC3)C2)cc1. The van der Waals surface area contributed by atoms with Crippen LogP contribution in [0.1, 0.15) is 50.0 Å². The van der Waals surface area contributed by atoms with Crippen LogP contribution in [0.15, 0.2) is 28.7 Å². The molecule has 1 aromatic carbocycles. The Hall–Kier alpha value is -0.340. The van der Waals surface area contributed by atoms with Crippen LogP contribution in [-0.2, 0) is 0 Å². The molecular formula is C16H22BrN. The molecule has 2 aliphatic rings. The normalized spacial score (nSPS) is 28.3. The minimum Gasteiger partial charge on any atom is -0.314 e. The van der Waals surface area contributed by atoms with Gasteiger partial charge in [-0.1, -0.05) is 40.9 Å². The highest BCUT2D eigenvalue weighted by Gasteiger charge is 2.30. The van der Waals surface area contributed by atoms with Crippen molar-refractivity contribution in [2.75, 3.05) is 6.54 Å². The Labute approximate surface area is 118 Å². The topological polar surface area (TPSA) is 12.0 Å². The summed E-state index contributed by atoms with van der Waals surface area (Å²) >= 11 is 3.50. The summed E-state index contributed by atoms with van der Waals surface area (Å²) in [4.78, 5) is 0. The van der Waals surface area contributed by atoms with Gasteiger partial charge in [0.2, 0.25) is 0 Å². The lowest BCUT2D eigenvalue weighted by atomic mass is 9.76. The van der Waals surface area contributed by atoms with Crippen molar-refractivity contribution < 1.29 is 0 Å². The molecule has 0 atom stereocenters. The van der Waals surface area contributed by atoms with Crippen molar-refractivity contribution in [3.05, 3.63) is 34.3 Å². The highest BCUT2D eigenvalue weighted by molar-refractivity contribution is 9.10. The van der Waals surface area contributed by atoms with Gasteiger partial charge in [0.05, 0.1) is 0 Å². The molecule has 0 bridgehead atoms. The van der Waals surface area contributed by atoms with Gasteiger partial charge in [-0.15, -0.1) is 0 Å². The first-order valence-electron chi connectivity index (χ1n) is 7.30. The maximum Gasteiger partial charge on any atom is 0.0175 e. The zero-order valence-corrected chi connectivity index (χ0v) is 12.5. The molecule has 1 aromatic rings. The Morgan fingerprint density at radius 3 is 2.39 bits per heavy atom. The molecular weight excluding hydrogens is 286 g/mol. The van der Waals surface area contributed by atoms with Gasteiger partial charge in [-0.2, -0.15) is 0 Å². The smallest absolute Gasteiger partial charge is 0.0175 e. The maximum atomic E-state index is 3.76. The lowest BCUT2D eigenvalue weighted by Gasteiger charge is -2.37. The molecule has 1 nitrogen and oxygen atoms in total. The van der Waals surface area contributed by atoms with E-state index < -0.39 is 0 Å². The predicted octanol–water partition coefficient (Wildman–Crippen LogP) is 4.47. The van der Waals surface area contributed by atoms with Crippen LogP contribution < -0.4 is 5.32 Å². The fourth-order valence-electron chi connectivity index (χ4n) is 3.34. The average molecular weight is 308 g/mol. The summed E-state index contributed by atoms with van der Waals surface area (Å²) in [6.07, 6.45) is 8.48. The van der Waals surface area contributed by atoms with Gasteiger partial charge < -0.3 is 5.32 Å². The molecule has 3 rings (SSSR count). The molecule has 0 radical (unpaired) electrons. The summed E-state index contributed by atoms with van der Waals surface area (Å²) < 4.78 is 1.18. The van der Waals surface area contributed by atoms with Crippen LogP contribution in [-0.4, -0.2) is 12.6 Å². The third-order valence-electron chi connectivity index (χ3n) is 4.65. The molecule has 18 heavy (non-hydrogen) atoms. The van der Waals surface area contributed by atoms with E-state index in [2.05, 4.69) is 45.5 Å². The first-order chi connectivity index (χ1) is 8.81. The van der Waals surface area contributed by atoms with E-state index in [-0.39, 0.29) is 0 Å². The van der Waals surface area contributed by atoms with E-state index in [0.717, 1.165) is 17.9 Å². The third-order valence-corrected chi connectivity index (χ3v) is 5.18. The molecule has 2 heteroatoms. The van der Waals surface area contributed by atoms with Gasteiger partial charge in [-0.05, 0) is 61.8 Å². The number of rotatable bonds is 4. The third kappa shape index (κ3) is 2.97. The fourth-order valence-corrected chi connectivity index (χ4v) is 3.60. The van der Waals surface area contributed by atoms with Crippen molar-refractivity contribution in [2.24, 2.45) is 5.92 Å². The van der Waals surface area contributed by atoms with Gasteiger partial charge in [-0.25, -0.2) is 0 Å². The lowest BCUT2D eigenvalue weighted by Crippen LogP contribution is -2.41. The second-order valence-electron chi connectivity index (χ2n) is 5.98. The number of hydrogen-bond donors (Lipinski definition) is 1. The number of benzene rings is 1. The maximum absolute atomic E-state index is 3.76. The molecule has 98 valence electrons. The second kappa shape index (κ2) is 5.75.